The van der Waals surface area contributed by atoms with Gasteiger partial charge in [-0.15, -0.1) is 0 Å². The largest absolute Gasteiger partial charge is 0.479 e. The molecule has 0 aromatic carbocycles. The molecule has 8 rings (SSSR count). The maximum Gasteiger partial charge on any atom is 0.250 e. The maximum atomic E-state index is 14.1. The van der Waals surface area contributed by atoms with E-state index in [0.717, 1.165) is 53.2 Å². The summed E-state index contributed by atoms with van der Waals surface area (Å²) in [6.07, 6.45) is 8.14. The van der Waals surface area contributed by atoms with E-state index in [-0.39, 0.29) is 5.88 Å². The van der Waals surface area contributed by atoms with Crippen LogP contribution in [-0.4, -0.2) is 80.6 Å². The predicted octanol–water partition coefficient (Wildman–Crippen LogP) is 2.84. The second kappa shape index (κ2) is 9.15. The molecule has 0 radical (unpaired) electrons. The minimum Gasteiger partial charge on any atom is -0.479 e. The second-order valence-corrected chi connectivity index (χ2v) is 11.3. The number of hydrogen-bond acceptors (Lipinski definition) is 9. The average Bonchev–Trinajstić information content (AvgIpc) is 3.37. The molecule has 4 fully saturated rings. The van der Waals surface area contributed by atoms with Crippen LogP contribution in [0.1, 0.15) is 24.5 Å². The molecule has 4 aromatic rings. The number of β-amino-alcohol motifs (C(OH)–C–C–N with tert-alkyl or cyclic N) is 1. The smallest absolute Gasteiger partial charge is 0.250 e. The summed E-state index contributed by atoms with van der Waals surface area (Å²) in [5.41, 5.74) is 4.11. The number of hydrogen-bond donors (Lipinski definition) is 1. The van der Waals surface area contributed by atoms with Gasteiger partial charge in [-0.05, 0) is 43.2 Å². The average molecular weight is 541 g/mol. The molecule has 2 unspecified atom stereocenters. The molecular weight excluding hydrogens is 511 g/mol. The summed E-state index contributed by atoms with van der Waals surface area (Å²) in [6, 6.07) is 10.6. The van der Waals surface area contributed by atoms with Crippen LogP contribution in [0.2, 0.25) is 0 Å². The summed E-state index contributed by atoms with van der Waals surface area (Å²) in [5.74, 6) is 0.496. The molecule has 2 bridgehead atoms. The van der Waals surface area contributed by atoms with Gasteiger partial charge < -0.3 is 19.6 Å². The molecule has 11 heteroatoms. The first-order valence-corrected chi connectivity index (χ1v) is 13.4. The molecule has 1 N–H and O–H groups in total. The number of methoxy groups -OCH3 is 1. The SMILES string of the molecule is COc1ncc(CN2C3CC2CN(c2ccc(-c4cc(N5CC(C)(O)C5)cn5ncc(C#N)c45)cn2)C3)cc1F. The van der Waals surface area contributed by atoms with E-state index in [1.165, 1.54) is 13.2 Å². The Bertz CT molecular complexity index is 1630. The fourth-order valence-electron chi connectivity index (χ4n) is 6.32. The molecule has 0 amide bonds. The fourth-order valence-corrected chi connectivity index (χ4v) is 6.32. The lowest BCUT2D eigenvalue weighted by Gasteiger charge is -2.56. The molecule has 8 heterocycles. The Labute approximate surface area is 230 Å². The Morgan fingerprint density at radius 2 is 1.93 bits per heavy atom. The standard InChI is InChI=1S/C29H29FN8O2/c1-29(39)16-36(17-29)21-7-24(27-20(8-31)11-34-38(27)15-21)19-3-4-26(32-10-19)35-13-22-6-23(14-35)37(22)12-18-5-25(30)28(40-2)33-9-18/h3-5,7,9-11,15,22-23,39H,6,12-14,16-17H2,1-2H3. The summed E-state index contributed by atoms with van der Waals surface area (Å²) in [6.45, 7) is 5.27. The molecule has 40 heavy (non-hydrogen) atoms. The third-order valence-electron chi connectivity index (χ3n) is 8.30. The van der Waals surface area contributed by atoms with Gasteiger partial charge in [0.2, 0.25) is 5.88 Å². The molecule has 4 aliphatic rings. The first kappa shape index (κ1) is 24.7. The molecule has 10 nitrogen and oxygen atoms in total. The lowest BCUT2D eigenvalue weighted by atomic mass is 9.87. The molecule has 204 valence electrons. The zero-order valence-electron chi connectivity index (χ0n) is 22.3. The van der Waals surface area contributed by atoms with E-state index in [2.05, 4.69) is 36.9 Å². The summed E-state index contributed by atoms with van der Waals surface area (Å²) in [4.78, 5) is 15.7. The van der Waals surface area contributed by atoms with Gasteiger partial charge >= 0.3 is 0 Å². The minimum atomic E-state index is -0.702. The highest BCUT2D eigenvalue weighted by Crippen LogP contribution is 2.37. The summed E-state index contributed by atoms with van der Waals surface area (Å²) in [5, 5.41) is 24.3. The Morgan fingerprint density at radius 1 is 1.12 bits per heavy atom. The highest BCUT2D eigenvalue weighted by Gasteiger charge is 2.44. The molecule has 0 spiro atoms. The van der Waals surface area contributed by atoms with Gasteiger partial charge in [-0.25, -0.2) is 18.9 Å². The quantitative estimate of drug-likeness (QED) is 0.395. The lowest BCUT2D eigenvalue weighted by Crippen LogP contribution is -2.68. The maximum absolute atomic E-state index is 14.1. The highest BCUT2D eigenvalue weighted by molar-refractivity contribution is 5.86. The van der Waals surface area contributed by atoms with E-state index in [4.69, 9.17) is 9.72 Å². The van der Waals surface area contributed by atoms with E-state index in [9.17, 15) is 14.8 Å². The lowest BCUT2D eigenvalue weighted by molar-refractivity contribution is -0.00884. The van der Waals surface area contributed by atoms with Crippen molar-refractivity contribution in [1.82, 2.24) is 24.5 Å². The molecule has 0 saturated carbocycles. The zero-order valence-corrected chi connectivity index (χ0v) is 22.3. The molecule has 4 aromatic heterocycles. The van der Waals surface area contributed by atoms with Gasteiger partial charge in [0, 0.05) is 68.3 Å². The van der Waals surface area contributed by atoms with Gasteiger partial charge in [-0.2, -0.15) is 10.4 Å². The van der Waals surface area contributed by atoms with Crippen molar-refractivity contribution < 1.29 is 14.2 Å². The number of nitrogens with zero attached hydrogens (tertiary/aromatic N) is 8. The Balaban J connectivity index is 1.10. The van der Waals surface area contributed by atoms with Crippen LogP contribution in [0.5, 0.6) is 5.88 Å². The predicted molar refractivity (Wildman–Crippen MR) is 147 cm³/mol. The first-order chi connectivity index (χ1) is 19.3. The highest BCUT2D eigenvalue weighted by atomic mass is 19.1. The Morgan fingerprint density at radius 3 is 2.58 bits per heavy atom. The number of fused-ring (bicyclic) bond motifs is 3. The van der Waals surface area contributed by atoms with Gasteiger partial charge in [-0.3, -0.25) is 4.90 Å². The number of rotatable bonds is 6. The van der Waals surface area contributed by atoms with Gasteiger partial charge in [-0.1, -0.05) is 0 Å². The topological polar surface area (TPSA) is 106 Å². The number of nitriles is 1. The van der Waals surface area contributed by atoms with Gasteiger partial charge in [0.15, 0.2) is 5.82 Å². The van der Waals surface area contributed by atoms with E-state index >= 15 is 0 Å². The molecule has 2 atom stereocenters. The van der Waals surface area contributed by atoms with E-state index in [1.807, 2.05) is 31.5 Å². The van der Waals surface area contributed by atoms with Crippen LogP contribution in [0.25, 0.3) is 16.6 Å². The number of ether oxygens (including phenoxy) is 1. The number of halogens is 1. The van der Waals surface area contributed by atoms with Crippen molar-refractivity contribution in [2.24, 2.45) is 0 Å². The third kappa shape index (κ3) is 4.11. The molecule has 0 aliphatic carbocycles. The van der Waals surface area contributed by atoms with Crippen molar-refractivity contribution in [3.8, 4) is 23.1 Å². The number of aliphatic hydroxyl groups is 1. The second-order valence-electron chi connectivity index (χ2n) is 11.3. The Hall–Kier alpha value is -4.27. The van der Waals surface area contributed by atoms with Crippen molar-refractivity contribution in [2.45, 2.75) is 37.6 Å². The van der Waals surface area contributed by atoms with E-state index < -0.39 is 11.4 Å². The van der Waals surface area contributed by atoms with Gasteiger partial charge in [0.1, 0.15) is 11.9 Å². The molecule has 4 saturated heterocycles. The van der Waals surface area contributed by atoms with Crippen LogP contribution in [-0.2, 0) is 6.54 Å². The molecular formula is C29H29FN8O2. The van der Waals surface area contributed by atoms with Crippen LogP contribution in [0.15, 0.2) is 49.1 Å². The zero-order chi connectivity index (χ0) is 27.6. The van der Waals surface area contributed by atoms with Crippen molar-refractivity contribution in [3.63, 3.8) is 0 Å². The van der Waals surface area contributed by atoms with Crippen molar-refractivity contribution >= 4 is 17.0 Å². The van der Waals surface area contributed by atoms with Crippen LogP contribution in [0.4, 0.5) is 15.9 Å². The van der Waals surface area contributed by atoms with Crippen LogP contribution >= 0.6 is 0 Å². The normalized spacial score (nSPS) is 21.6. The fraction of sp³-hybridized carbons (Fsp3) is 0.379. The van der Waals surface area contributed by atoms with Crippen molar-refractivity contribution in [1.29, 1.82) is 5.26 Å². The van der Waals surface area contributed by atoms with Crippen molar-refractivity contribution in [2.75, 3.05) is 43.1 Å². The van der Waals surface area contributed by atoms with Gasteiger partial charge in [0.25, 0.3) is 0 Å². The minimum absolute atomic E-state index is 0.0199. The summed E-state index contributed by atoms with van der Waals surface area (Å²) >= 11 is 0. The van der Waals surface area contributed by atoms with E-state index in [0.29, 0.717) is 37.3 Å². The van der Waals surface area contributed by atoms with E-state index in [1.54, 1.807) is 16.9 Å². The van der Waals surface area contributed by atoms with Crippen molar-refractivity contribution in [3.05, 3.63) is 66.0 Å². The third-order valence-corrected chi connectivity index (χ3v) is 8.30. The van der Waals surface area contributed by atoms with Gasteiger partial charge in [0.05, 0.1) is 41.9 Å². The summed E-state index contributed by atoms with van der Waals surface area (Å²) in [7, 11) is 1.42. The number of anilines is 2. The number of piperidine rings is 1. The monoisotopic (exact) mass is 540 g/mol. The number of aromatic nitrogens is 4. The number of pyridine rings is 3. The first-order valence-electron chi connectivity index (χ1n) is 13.4. The van der Waals surface area contributed by atoms with Crippen LogP contribution in [0, 0.1) is 17.1 Å². The Kier molecular flexibility index (Phi) is 5.66. The molecule has 4 aliphatic heterocycles. The van der Waals surface area contributed by atoms with Crippen LogP contribution < -0.4 is 14.5 Å². The van der Waals surface area contributed by atoms with Crippen LogP contribution in [0.3, 0.4) is 0 Å². The summed E-state index contributed by atoms with van der Waals surface area (Å²) < 4.78 is 20.8. The number of piperazine rings is 1.